The molecule has 1 saturated carbocycles. The van der Waals surface area contributed by atoms with Crippen molar-refractivity contribution in [1.29, 1.82) is 0 Å². The third-order valence-corrected chi connectivity index (χ3v) is 5.50. The molecule has 2 aliphatic rings. The smallest absolute Gasteiger partial charge is 0.0126 e. The van der Waals surface area contributed by atoms with E-state index in [9.17, 15) is 0 Å². The minimum Gasteiger partial charge on any atom is -0.330 e. The van der Waals surface area contributed by atoms with E-state index in [1.807, 2.05) is 0 Å². The summed E-state index contributed by atoms with van der Waals surface area (Å²) in [6, 6.07) is 0. The number of nitrogens with two attached hydrogens (primary N) is 1. The van der Waals surface area contributed by atoms with Gasteiger partial charge in [-0.3, -0.25) is 4.90 Å². The summed E-state index contributed by atoms with van der Waals surface area (Å²) in [6.45, 7) is 16.3. The molecule has 2 atom stereocenters. The van der Waals surface area contributed by atoms with E-state index in [1.165, 1.54) is 58.4 Å². The molecule has 0 aromatic rings. The number of hydrogen-bond donors (Lipinski definition) is 1. The van der Waals surface area contributed by atoms with Gasteiger partial charge >= 0.3 is 0 Å². The van der Waals surface area contributed by atoms with Gasteiger partial charge in [-0.15, -0.1) is 0 Å². The van der Waals surface area contributed by atoms with Crippen molar-refractivity contribution >= 4 is 0 Å². The summed E-state index contributed by atoms with van der Waals surface area (Å²) in [7, 11) is 0. The predicted octanol–water partition coefficient (Wildman–Crippen LogP) is 2.56. The Morgan fingerprint density at radius 2 is 1.80 bits per heavy atom. The van der Waals surface area contributed by atoms with Gasteiger partial charge in [0.15, 0.2) is 0 Å². The molecule has 0 bridgehead atoms. The lowest BCUT2D eigenvalue weighted by Gasteiger charge is -2.47. The van der Waals surface area contributed by atoms with Crippen LogP contribution in [0.2, 0.25) is 0 Å². The van der Waals surface area contributed by atoms with Crippen LogP contribution >= 0.6 is 0 Å². The first-order valence-corrected chi connectivity index (χ1v) is 8.52. The van der Waals surface area contributed by atoms with E-state index in [1.54, 1.807) is 0 Å². The first-order chi connectivity index (χ1) is 9.35. The molecule has 1 heterocycles. The first kappa shape index (κ1) is 16.3. The van der Waals surface area contributed by atoms with E-state index < -0.39 is 0 Å². The van der Waals surface area contributed by atoms with E-state index in [-0.39, 0.29) is 0 Å². The van der Waals surface area contributed by atoms with Gasteiger partial charge in [0, 0.05) is 38.3 Å². The van der Waals surface area contributed by atoms with Crippen LogP contribution in [0.1, 0.15) is 53.4 Å². The van der Waals surface area contributed by atoms with Gasteiger partial charge in [-0.1, -0.05) is 19.8 Å². The van der Waals surface area contributed by atoms with Crippen LogP contribution < -0.4 is 5.73 Å². The summed E-state index contributed by atoms with van der Waals surface area (Å²) in [5.41, 5.74) is 6.90. The van der Waals surface area contributed by atoms with Gasteiger partial charge in [-0.05, 0) is 51.5 Å². The quantitative estimate of drug-likeness (QED) is 0.863. The van der Waals surface area contributed by atoms with Crippen molar-refractivity contribution in [3.63, 3.8) is 0 Å². The monoisotopic (exact) mass is 281 g/mol. The molecule has 0 amide bonds. The molecule has 1 aliphatic heterocycles. The van der Waals surface area contributed by atoms with Crippen LogP contribution in [0, 0.1) is 11.3 Å². The Morgan fingerprint density at radius 1 is 1.15 bits per heavy atom. The molecule has 0 spiro atoms. The number of hydrogen-bond acceptors (Lipinski definition) is 3. The van der Waals surface area contributed by atoms with Gasteiger partial charge in [-0.2, -0.15) is 0 Å². The van der Waals surface area contributed by atoms with E-state index >= 15 is 0 Å². The number of rotatable bonds is 3. The molecule has 2 fully saturated rings. The second kappa shape index (κ2) is 6.33. The van der Waals surface area contributed by atoms with E-state index in [4.69, 9.17) is 5.73 Å². The molecule has 118 valence electrons. The molecule has 0 aromatic carbocycles. The van der Waals surface area contributed by atoms with Crippen LogP contribution in [0.3, 0.4) is 0 Å². The van der Waals surface area contributed by atoms with Gasteiger partial charge in [0.2, 0.25) is 0 Å². The van der Waals surface area contributed by atoms with Crippen LogP contribution in [0.25, 0.3) is 0 Å². The van der Waals surface area contributed by atoms with Crippen LogP contribution in [-0.2, 0) is 0 Å². The third kappa shape index (κ3) is 3.96. The molecule has 0 aromatic heterocycles. The van der Waals surface area contributed by atoms with Crippen LogP contribution in [0.5, 0.6) is 0 Å². The molecule has 0 radical (unpaired) electrons. The van der Waals surface area contributed by atoms with Crippen LogP contribution in [-0.4, -0.2) is 54.6 Å². The molecule has 2 unspecified atom stereocenters. The summed E-state index contributed by atoms with van der Waals surface area (Å²) >= 11 is 0. The fraction of sp³-hybridized carbons (Fsp3) is 1.00. The Morgan fingerprint density at radius 3 is 2.30 bits per heavy atom. The Balaban J connectivity index is 1.87. The Labute approximate surface area is 125 Å². The SMILES string of the molecule is CC1CCCC(CN)(CN2CCN(C(C)(C)C)CC2)C1. The van der Waals surface area contributed by atoms with Gasteiger partial charge in [0.25, 0.3) is 0 Å². The molecule has 1 saturated heterocycles. The lowest BCUT2D eigenvalue weighted by Crippen LogP contribution is -2.56. The average Bonchev–Trinajstić information content (AvgIpc) is 2.38. The van der Waals surface area contributed by atoms with Crippen molar-refractivity contribution in [2.24, 2.45) is 17.1 Å². The Bertz CT molecular complexity index is 302. The molecule has 1 aliphatic carbocycles. The molecular weight excluding hydrogens is 246 g/mol. The highest BCUT2D eigenvalue weighted by Gasteiger charge is 2.36. The van der Waals surface area contributed by atoms with Crippen molar-refractivity contribution in [2.45, 2.75) is 58.9 Å². The number of nitrogens with zero attached hydrogens (tertiary/aromatic N) is 2. The van der Waals surface area contributed by atoms with Crippen molar-refractivity contribution in [2.75, 3.05) is 39.3 Å². The Kier molecular flexibility index (Phi) is 5.14. The van der Waals surface area contributed by atoms with Gasteiger partial charge in [0.1, 0.15) is 0 Å². The summed E-state index contributed by atoms with van der Waals surface area (Å²) in [4.78, 5) is 5.29. The summed E-state index contributed by atoms with van der Waals surface area (Å²) < 4.78 is 0. The largest absolute Gasteiger partial charge is 0.330 e. The fourth-order valence-electron chi connectivity index (χ4n) is 4.21. The highest BCUT2D eigenvalue weighted by atomic mass is 15.3. The van der Waals surface area contributed by atoms with Crippen molar-refractivity contribution in [3.8, 4) is 0 Å². The molecule has 20 heavy (non-hydrogen) atoms. The predicted molar refractivity (Wildman–Crippen MR) is 86.9 cm³/mol. The van der Waals surface area contributed by atoms with E-state index in [0.717, 1.165) is 12.5 Å². The molecule has 2 rings (SSSR count). The standard InChI is InChI=1S/C17H35N3/c1-15-6-5-7-17(12-15,13-18)14-19-8-10-20(11-9-19)16(2,3)4/h15H,5-14,18H2,1-4H3. The van der Waals surface area contributed by atoms with Gasteiger partial charge in [-0.25, -0.2) is 0 Å². The minimum atomic E-state index is 0.316. The topological polar surface area (TPSA) is 32.5 Å². The van der Waals surface area contributed by atoms with Gasteiger partial charge < -0.3 is 10.6 Å². The zero-order valence-electron chi connectivity index (χ0n) is 14.1. The lowest BCUT2D eigenvalue weighted by molar-refractivity contribution is 0.0251. The highest BCUT2D eigenvalue weighted by Crippen LogP contribution is 2.39. The normalized spacial score (nSPS) is 34.4. The second-order valence-electron chi connectivity index (χ2n) is 8.34. The van der Waals surface area contributed by atoms with Crippen molar-refractivity contribution in [3.05, 3.63) is 0 Å². The van der Waals surface area contributed by atoms with Crippen LogP contribution in [0.4, 0.5) is 0 Å². The summed E-state index contributed by atoms with van der Waals surface area (Å²) in [6.07, 6.45) is 5.45. The highest BCUT2D eigenvalue weighted by molar-refractivity contribution is 4.91. The number of piperazine rings is 1. The zero-order valence-corrected chi connectivity index (χ0v) is 14.1. The average molecular weight is 281 g/mol. The van der Waals surface area contributed by atoms with Crippen molar-refractivity contribution < 1.29 is 0 Å². The maximum Gasteiger partial charge on any atom is 0.0126 e. The fourth-order valence-corrected chi connectivity index (χ4v) is 4.21. The molecular formula is C17H35N3. The summed E-state index contributed by atoms with van der Waals surface area (Å²) in [5, 5.41) is 0. The van der Waals surface area contributed by atoms with Crippen molar-refractivity contribution in [1.82, 2.24) is 9.80 Å². The molecule has 3 nitrogen and oxygen atoms in total. The first-order valence-electron chi connectivity index (χ1n) is 8.52. The van der Waals surface area contributed by atoms with E-state index in [0.29, 0.717) is 11.0 Å². The Hall–Kier alpha value is -0.120. The zero-order chi connectivity index (χ0) is 14.8. The van der Waals surface area contributed by atoms with E-state index in [2.05, 4.69) is 37.5 Å². The molecule has 3 heteroatoms. The van der Waals surface area contributed by atoms with Crippen LogP contribution in [0.15, 0.2) is 0 Å². The summed E-state index contributed by atoms with van der Waals surface area (Å²) in [5.74, 6) is 0.864. The minimum absolute atomic E-state index is 0.316. The lowest BCUT2D eigenvalue weighted by atomic mass is 9.69. The second-order valence-corrected chi connectivity index (χ2v) is 8.34. The third-order valence-electron chi connectivity index (χ3n) is 5.50. The maximum absolute atomic E-state index is 6.18. The maximum atomic E-state index is 6.18. The van der Waals surface area contributed by atoms with Gasteiger partial charge in [0.05, 0.1) is 0 Å². The molecule has 2 N–H and O–H groups in total.